The molecule has 4 aliphatic rings. The Kier molecular flexibility index (Phi) is 4.46. The van der Waals surface area contributed by atoms with Gasteiger partial charge in [-0.2, -0.15) is 0 Å². The largest absolute Gasteiger partial charge is 0.381 e. The quantitative estimate of drug-likeness (QED) is 0.830. The Labute approximate surface area is 175 Å². The van der Waals surface area contributed by atoms with E-state index in [0.717, 1.165) is 88.2 Å². The average Bonchev–Trinajstić information content (AvgIpc) is 3.36. The van der Waals surface area contributed by atoms with Crippen LogP contribution in [0.2, 0.25) is 0 Å². The third-order valence-electron chi connectivity index (χ3n) is 7.34. The van der Waals surface area contributed by atoms with Gasteiger partial charge in [-0.3, -0.25) is 19.6 Å². The zero-order chi connectivity index (χ0) is 20.2. The maximum absolute atomic E-state index is 13.3. The van der Waals surface area contributed by atoms with E-state index in [1.54, 1.807) is 4.52 Å². The van der Waals surface area contributed by atoms with Gasteiger partial charge in [0, 0.05) is 57.3 Å². The minimum absolute atomic E-state index is 0.0103. The van der Waals surface area contributed by atoms with E-state index in [1.807, 2.05) is 11.0 Å². The Bertz CT molecular complexity index is 1030. The predicted octanol–water partition coefficient (Wildman–Crippen LogP) is 1.63. The first-order valence-corrected chi connectivity index (χ1v) is 11.4. The number of carbonyl (C=O) groups excluding carboxylic acids is 1. The highest BCUT2D eigenvalue weighted by Crippen LogP contribution is 2.38. The molecular weight excluding hydrogens is 382 g/mol. The second kappa shape index (κ2) is 7.20. The van der Waals surface area contributed by atoms with Gasteiger partial charge in [-0.25, -0.2) is 9.50 Å². The molecule has 2 aromatic rings. The van der Waals surface area contributed by atoms with Crippen LogP contribution in [-0.2, 0) is 22.5 Å². The van der Waals surface area contributed by atoms with Crippen LogP contribution in [0.3, 0.4) is 0 Å². The van der Waals surface area contributed by atoms with Crippen molar-refractivity contribution in [3.63, 3.8) is 0 Å². The maximum atomic E-state index is 13.3. The third-order valence-corrected chi connectivity index (χ3v) is 7.34. The first kappa shape index (κ1) is 18.6. The van der Waals surface area contributed by atoms with Crippen LogP contribution < -0.4 is 5.56 Å². The number of aromatic amines is 1. The minimum atomic E-state index is 0.0103. The zero-order valence-electron chi connectivity index (χ0n) is 17.3. The second-order valence-electron chi connectivity index (χ2n) is 9.28. The van der Waals surface area contributed by atoms with E-state index in [1.165, 1.54) is 0 Å². The van der Waals surface area contributed by atoms with Crippen molar-refractivity contribution in [2.24, 2.45) is 5.92 Å². The van der Waals surface area contributed by atoms with Gasteiger partial charge < -0.3 is 9.64 Å². The van der Waals surface area contributed by atoms with E-state index in [-0.39, 0.29) is 23.4 Å². The van der Waals surface area contributed by atoms with E-state index < -0.39 is 0 Å². The van der Waals surface area contributed by atoms with Gasteiger partial charge >= 0.3 is 0 Å². The van der Waals surface area contributed by atoms with Crippen LogP contribution in [0.1, 0.15) is 61.5 Å². The standard InChI is InChI=1S/C22H29N5O3/c28-21(14-3-4-14)26-8-1-2-19(26)18-12-20-23-17-5-9-25(15-6-10-30-11-7-15)13-16(17)22(29)27(20)24-18/h12,14-15,19,24H,1-11,13H2/t19-/m0/s1. The molecule has 3 aliphatic heterocycles. The van der Waals surface area contributed by atoms with Crippen molar-refractivity contribution in [2.75, 3.05) is 26.3 Å². The Hall–Kier alpha value is -2.19. The Balaban J connectivity index is 1.31. The molecule has 0 bridgehead atoms. The summed E-state index contributed by atoms with van der Waals surface area (Å²) in [7, 11) is 0. The molecular formula is C22H29N5O3. The summed E-state index contributed by atoms with van der Waals surface area (Å²) in [6.07, 6.45) is 6.87. The SMILES string of the molecule is O=C(C1CC1)N1CCC[C@H]1c1cc2nc3c(c(=O)n2[nH]1)CN(C1CCOCC1)CC3. The van der Waals surface area contributed by atoms with E-state index in [4.69, 9.17) is 9.72 Å². The molecule has 0 spiro atoms. The number of hydrogen-bond acceptors (Lipinski definition) is 5. The molecule has 8 heteroatoms. The van der Waals surface area contributed by atoms with Crippen LogP contribution in [0.4, 0.5) is 0 Å². The molecule has 1 atom stereocenters. The second-order valence-corrected chi connectivity index (χ2v) is 9.28. The van der Waals surface area contributed by atoms with E-state index in [9.17, 15) is 9.59 Å². The number of H-pyrrole nitrogens is 1. The molecule has 6 rings (SSSR count). The summed E-state index contributed by atoms with van der Waals surface area (Å²) < 4.78 is 7.10. The van der Waals surface area contributed by atoms with Crippen molar-refractivity contribution >= 4 is 11.6 Å². The van der Waals surface area contributed by atoms with Crippen LogP contribution in [0, 0.1) is 5.92 Å². The normalized spacial score (nSPS) is 25.7. The molecule has 2 aromatic heterocycles. The molecule has 1 N–H and O–H groups in total. The third kappa shape index (κ3) is 3.08. The van der Waals surface area contributed by atoms with Gasteiger partial charge in [0.2, 0.25) is 5.91 Å². The highest BCUT2D eigenvalue weighted by atomic mass is 16.5. The fourth-order valence-electron chi connectivity index (χ4n) is 5.47. The smallest absolute Gasteiger partial charge is 0.277 e. The summed E-state index contributed by atoms with van der Waals surface area (Å²) >= 11 is 0. The van der Waals surface area contributed by atoms with Crippen LogP contribution >= 0.6 is 0 Å². The van der Waals surface area contributed by atoms with Gasteiger partial charge in [-0.05, 0) is 38.5 Å². The molecule has 1 amide bonds. The number of likely N-dealkylation sites (tertiary alicyclic amines) is 1. The van der Waals surface area contributed by atoms with Gasteiger partial charge in [-0.15, -0.1) is 0 Å². The maximum Gasteiger partial charge on any atom is 0.277 e. The molecule has 1 aliphatic carbocycles. The van der Waals surface area contributed by atoms with Crippen molar-refractivity contribution in [3.05, 3.63) is 33.4 Å². The number of nitrogens with zero attached hydrogens (tertiary/aromatic N) is 4. The summed E-state index contributed by atoms with van der Waals surface area (Å²) in [5.41, 5.74) is 3.38. The number of rotatable bonds is 3. The lowest BCUT2D eigenvalue weighted by atomic mass is 10.0. The van der Waals surface area contributed by atoms with Crippen molar-refractivity contribution in [3.8, 4) is 0 Å². The van der Waals surface area contributed by atoms with E-state index in [2.05, 4.69) is 10.00 Å². The summed E-state index contributed by atoms with van der Waals surface area (Å²) in [4.78, 5) is 35.3. The molecule has 3 fully saturated rings. The van der Waals surface area contributed by atoms with E-state index >= 15 is 0 Å². The summed E-state index contributed by atoms with van der Waals surface area (Å²) in [5.74, 6) is 0.502. The Morgan fingerprint density at radius 1 is 1.13 bits per heavy atom. The minimum Gasteiger partial charge on any atom is -0.381 e. The van der Waals surface area contributed by atoms with Gasteiger partial charge in [0.25, 0.3) is 5.56 Å². The fraction of sp³-hybridized carbons (Fsp3) is 0.682. The highest BCUT2D eigenvalue weighted by molar-refractivity contribution is 5.81. The number of carbonyl (C=O) groups is 1. The summed E-state index contributed by atoms with van der Waals surface area (Å²) in [6.45, 7) is 4.04. The molecule has 0 aromatic carbocycles. The van der Waals surface area contributed by atoms with Crippen molar-refractivity contribution < 1.29 is 9.53 Å². The number of fused-ring (bicyclic) bond motifs is 2. The lowest BCUT2D eigenvalue weighted by molar-refractivity contribution is -0.133. The molecule has 0 unspecified atom stereocenters. The number of hydrogen-bond donors (Lipinski definition) is 1. The molecule has 160 valence electrons. The van der Waals surface area contributed by atoms with Crippen LogP contribution in [-0.4, -0.2) is 62.7 Å². The summed E-state index contributed by atoms with van der Waals surface area (Å²) in [5, 5.41) is 3.30. The van der Waals surface area contributed by atoms with Gasteiger partial charge in [-0.1, -0.05) is 0 Å². The number of amides is 1. The van der Waals surface area contributed by atoms with E-state index in [0.29, 0.717) is 18.2 Å². The Morgan fingerprint density at radius 2 is 1.97 bits per heavy atom. The van der Waals surface area contributed by atoms with Crippen molar-refractivity contribution in [1.29, 1.82) is 0 Å². The van der Waals surface area contributed by atoms with Gasteiger partial charge in [0.15, 0.2) is 5.65 Å². The molecule has 30 heavy (non-hydrogen) atoms. The molecule has 1 saturated carbocycles. The predicted molar refractivity (Wildman–Crippen MR) is 110 cm³/mol. The monoisotopic (exact) mass is 411 g/mol. The van der Waals surface area contributed by atoms with Gasteiger partial charge in [0.05, 0.1) is 23.0 Å². The average molecular weight is 412 g/mol. The van der Waals surface area contributed by atoms with Crippen LogP contribution in [0.15, 0.2) is 10.9 Å². The lowest BCUT2D eigenvalue weighted by Gasteiger charge is -2.36. The van der Waals surface area contributed by atoms with Crippen molar-refractivity contribution in [1.82, 2.24) is 24.4 Å². The Morgan fingerprint density at radius 3 is 2.77 bits per heavy atom. The highest BCUT2D eigenvalue weighted by Gasteiger charge is 2.39. The number of aromatic nitrogens is 3. The van der Waals surface area contributed by atoms with Crippen LogP contribution in [0.5, 0.6) is 0 Å². The lowest BCUT2D eigenvalue weighted by Crippen LogP contribution is -2.44. The fourth-order valence-corrected chi connectivity index (χ4v) is 5.47. The molecule has 0 radical (unpaired) electrons. The first-order chi connectivity index (χ1) is 14.7. The number of ether oxygens (including phenoxy) is 1. The summed E-state index contributed by atoms with van der Waals surface area (Å²) in [6, 6.07) is 2.51. The van der Waals surface area contributed by atoms with Gasteiger partial charge in [0.1, 0.15) is 0 Å². The molecule has 5 heterocycles. The molecule has 8 nitrogen and oxygen atoms in total. The topological polar surface area (TPSA) is 82.9 Å². The van der Waals surface area contributed by atoms with Crippen molar-refractivity contribution in [2.45, 2.75) is 63.6 Å². The first-order valence-electron chi connectivity index (χ1n) is 11.4. The molecule has 2 saturated heterocycles. The number of nitrogens with one attached hydrogen (secondary N) is 1. The zero-order valence-corrected chi connectivity index (χ0v) is 17.3. The van der Waals surface area contributed by atoms with Crippen LogP contribution in [0.25, 0.3) is 5.65 Å².